The van der Waals surface area contributed by atoms with Gasteiger partial charge in [-0.05, 0) is 25.8 Å². The van der Waals surface area contributed by atoms with Gasteiger partial charge in [0.2, 0.25) is 5.91 Å². The first-order valence-corrected chi connectivity index (χ1v) is 6.79. The summed E-state index contributed by atoms with van der Waals surface area (Å²) in [6.45, 7) is 5.13. The molecule has 0 spiro atoms. The van der Waals surface area contributed by atoms with Crippen molar-refractivity contribution in [1.82, 2.24) is 9.80 Å². The SMILES string of the molecule is CC(S)CN(C)CC(=O)N1CCC(CO)CC1. The Morgan fingerprint density at radius 3 is 2.59 bits per heavy atom. The van der Waals surface area contributed by atoms with Gasteiger partial charge in [-0.3, -0.25) is 9.69 Å². The second kappa shape index (κ2) is 7.24. The maximum Gasteiger partial charge on any atom is 0.236 e. The van der Waals surface area contributed by atoms with Crippen molar-refractivity contribution in [1.29, 1.82) is 0 Å². The number of carbonyl (C=O) groups excluding carboxylic acids is 1. The van der Waals surface area contributed by atoms with Crippen LogP contribution in [0.1, 0.15) is 19.8 Å². The Labute approximate surface area is 109 Å². The fourth-order valence-corrected chi connectivity index (χ4v) is 2.49. The molecule has 5 heteroatoms. The van der Waals surface area contributed by atoms with Crippen molar-refractivity contribution in [3.8, 4) is 0 Å². The lowest BCUT2D eigenvalue weighted by molar-refractivity contribution is -0.133. The molecule has 1 N–H and O–H groups in total. The first-order chi connectivity index (χ1) is 8.02. The standard InChI is InChI=1S/C12H24N2O2S/c1-10(17)7-13(2)8-12(16)14-5-3-11(9-15)4-6-14/h10-11,15,17H,3-9H2,1-2H3. The molecule has 1 aliphatic rings. The zero-order valence-corrected chi connectivity index (χ0v) is 11.7. The van der Waals surface area contributed by atoms with E-state index in [0.717, 1.165) is 32.5 Å². The van der Waals surface area contributed by atoms with E-state index < -0.39 is 0 Å². The van der Waals surface area contributed by atoms with Crippen molar-refractivity contribution < 1.29 is 9.90 Å². The van der Waals surface area contributed by atoms with Crippen LogP contribution < -0.4 is 0 Å². The molecule has 1 fully saturated rings. The van der Waals surface area contributed by atoms with Crippen molar-refractivity contribution in [2.45, 2.75) is 25.0 Å². The van der Waals surface area contributed by atoms with Crippen LogP contribution in [0.5, 0.6) is 0 Å². The average Bonchev–Trinajstić information content (AvgIpc) is 2.28. The molecule has 1 rings (SSSR count). The quantitative estimate of drug-likeness (QED) is 0.706. The lowest BCUT2D eigenvalue weighted by atomic mass is 9.98. The van der Waals surface area contributed by atoms with Gasteiger partial charge in [0.15, 0.2) is 0 Å². The smallest absolute Gasteiger partial charge is 0.236 e. The number of piperidine rings is 1. The number of rotatable bonds is 5. The minimum Gasteiger partial charge on any atom is -0.396 e. The predicted molar refractivity (Wildman–Crippen MR) is 72.3 cm³/mol. The fourth-order valence-electron chi connectivity index (χ4n) is 2.21. The van der Waals surface area contributed by atoms with Crippen molar-refractivity contribution in [2.24, 2.45) is 5.92 Å². The van der Waals surface area contributed by atoms with Crippen LogP contribution in [0.4, 0.5) is 0 Å². The molecule has 1 aliphatic heterocycles. The van der Waals surface area contributed by atoms with Crippen LogP contribution in [0.3, 0.4) is 0 Å². The van der Waals surface area contributed by atoms with Crippen LogP contribution in [0.15, 0.2) is 0 Å². The van der Waals surface area contributed by atoms with Gasteiger partial charge in [0, 0.05) is 31.5 Å². The third-order valence-electron chi connectivity index (χ3n) is 3.21. The topological polar surface area (TPSA) is 43.8 Å². The maximum absolute atomic E-state index is 12.0. The first kappa shape index (κ1) is 14.8. The molecule has 0 aromatic carbocycles. The van der Waals surface area contributed by atoms with Crippen LogP contribution in [0, 0.1) is 5.92 Å². The van der Waals surface area contributed by atoms with Crippen LogP contribution in [-0.4, -0.2) is 65.9 Å². The van der Waals surface area contributed by atoms with E-state index in [9.17, 15) is 4.79 Å². The van der Waals surface area contributed by atoms with Gasteiger partial charge in [0.1, 0.15) is 0 Å². The van der Waals surface area contributed by atoms with Crippen LogP contribution >= 0.6 is 12.6 Å². The molecule has 0 aliphatic carbocycles. The maximum atomic E-state index is 12.0. The number of amides is 1. The average molecular weight is 260 g/mol. The van der Waals surface area contributed by atoms with Crippen molar-refractivity contribution in [3.05, 3.63) is 0 Å². The third kappa shape index (κ3) is 5.27. The summed E-state index contributed by atoms with van der Waals surface area (Å²) in [6, 6.07) is 0. The Bertz CT molecular complexity index is 241. The molecule has 0 bridgehead atoms. The van der Waals surface area contributed by atoms with E-state index in [1.54, 1.807) is 0 Å². The number of aliphatic hydroxyl groups is 1. The Balaban J connectivity index is 2.29. The molecule has 0 aromatic heterocycles. The number of likely N-dealkylation sites (tertiary alicyclic amines) is 1. The van der Waals surface area contributed by atoms with Crippen molar-refractivity contribution >= 4 is 18.5 Å². The zero-order chi connectivity index (χ0) is 12.8. The summed E-state index contributed by atoms with van der Waals surface area (Å²) in [7, 11) is 1.95. The lowest BCUT2D eigenvalue weighted by Crippen LogP contribution is -2.44. The van der Waals surface area contributed by atoms with Crippen LogP contribution in [0.25, 0.3) is 0 Å². The molecule has 0 radical (unpaired) electrons. The number of thiol groups is 1. The molecule has 1 heterocycles. The van der Waals surface area contributed by atoms with Gasteiger partial charge < -0.3 is 10.0 Å². The summed E-state index contributed by atoms with van der Waals surface area (Å²) < 4.78 is 0. The molecule has 0 aromatic rings. The monoisotopic (exact) mass is 260 g/mol. The van der Waals surface area contributed by atoms with Crippen molar-refractivity contribution in [2.75, 3.05) is 39.8 Å². The predicted octanol–water partition coefficient (Wildman–Crippen LogP) is 0.467. The number of hydrogen-bond donors (Lipinski definition) is 2. The Kier molecular flexibility index (Phi) is 6.30. The summed E-state index contributed by atoms with van der Waals surface area (Å²) in [6.07, 6.45) is 1.85. The third-order valence-corrected chi connectivity index (χ3v) is 3.37. The largest absolute Gasteiger partial charge is 0.396 e. The van der Waals surface area contributed by atoms with Crippen LogP contribution in [-0.2, 0) is 4.79 Å². The number of hydrogen-bond acceptors (Lipinski definition) is 4. The van der Waals surface area contributed by atoms with Crippen molar-refractivity contribution in [3.63, 3.8) is 0 Å². The van der Waals surface area contributed by atoms with Gasteiger partial charge in [-0.15, -0.1) is 0 Å². The fraction of sp³-hybridized carbons (Fsp3) is 0.917. The molecular weight excluding hydrogens is 236 g/mol. The molecule has 17 heavy (non-hydrogen) atoms. The lowest BCUT2D eigenvalue weighted by Gasteiger charge is -2.32. The normalized spacial score (nSPS) is 19.7. The highest BCUT2D eigenvalue weighted by Gasteiger charge is 2.22. The summed E-state index contributed by atoms with van der Waals surface area (Å²) >= 11 is 4.32. The van der Waals surface area contributed by atoms with Gasteiger partial charge in [0.05, 0.1) is 6.54 Å². The minimum absolute atomic E-state index is 0.192. The molecule has 1 atom stereocenters. The summed E-state index contributed by atoms with van der Waals surface area (Å²) in [4.78, 5) is 15.9. The zero-order valence-electron chi connectivity index (χ0n) is 10.8. The molecule has 1 unspecified atom stereocenters. The van der Waals surface area contributed by atoms with Gasteiger partial charge in [-0.1, -0.05) is 6.92 Å². The number of nitrogens with zero attached hydrogens (tertiary/aromatic N) is 2. The highest BCUT2D eigenvalue weighted by molar-refractivity contribution is 7.80. The van der Waals surface area contributed by atoms with Crippen LogP contribution in [0.2, 0.25) is 0 Å². The highest BCUT2D eigenvalue weighted by Crippen LogP contribution is 2.16. The minimum atomic E-state index is 0.192. The van der Waals surface area contributed by atoms with Gasteiger partial charge >= 0.3 is 0 Å². The Morgan fingerprint density at radius 1 is 1.53 bits per heavy atom. The van der Waals surface area contributed by atoms with E-state index in [0.29, 0.717) is 12.5 Å². The molecular formula is C12H24N2O2S. The van der Waals surface area contributed by atoms with E-state index in [4.69, 9.17) is 5.11 Å². The molecule has 1 saturated heterocycles. The Hall–Kier alpha value is -0.260. The first-order valence-electron chi connectivity index (χ1n) is 6.28. The van der Waals surface area contributed by atoms with Gasteiger partial charge in [-0.2, -0.15) is 12.6 Å². The Morgan fingerprint density at radius 2 is 2.12 bits per heavy atom. The molecule has 0 saturated carbocycles. The highest BCUT2D eigenvalue weighted by atomic mass is 32.1. The summed E-state index contributed by atoms with van der Waals surface area (Å²) in [5.41, 5.74) is 0. The van der Waals surface area contributed by atoms with E-state index >= 15 is 0 Å². The number of likely N-dealkylation sites (N-methyl/N-ethyl adjacent to an activating group) is 1. The van der Waals surface area contributed by atoms with E-state index in [1.165, 1.54) is 0 Å². The molecule has 100 valence electrons. The molecule has 4 nitrogen and oxygen atoms in total. The number of aliphatic hydroxyl groups excluding tert-OH is 1. The second-order valence-electron chi connectivity index (χ2n) is 5.05. The number of carbonyl (C=O) groups is 1. The van der Waals surface area contributed by atoms with E-state index in [1.807, 2.05) is 23.8 Å². The van der Waals surface area contributed by atoms with E-state index in [-0.39, 0.29) is 17.8 Å². The molecule has 1 amide bonds. The summed E-state index contributed by atoms with van der Waals surface area (Å²) in [5, 5.41) is 9.33. The van der Waals surface area contributed by atoms with Gasteiger partial charge in [0.25, 0.3) is 0 Å². The summed E-state index contributed by atoms with van der Waals surface area (Å²) in [5.74, 6) is 0.576. The van der Waals surface area contributed by atoms with Gasteiger partial charge in [-0.25, -0.2) is 0 Å². The second-order valence-corrected chi connectivity index (χ2v) is 5.93. The van der Waals surface area contributed by atoms with E-state index in [2.05, 4.69) is 12.6 Å².